The van der Waals surface area contributed by atoms with Crippen molar-refractivity contribution in [3.05, 3.63) is 23.2 Å². The highest BCUT2D eigenvalue weighted by Gasteiger charge is 2.21. The Hall–Kier alpha value is -1.16. The Morgan fingerprint density at radius 2 is 2.12 bits per heavy atom. The van der Waals surface area contributed by atoms with E-state index in [2.05, 4.69) is 27.5 Å². The van der Waals surface area contributed by atoms with Crippen molar-refractivity contribution in [1.29, 1.82) is 0 Å². The quantitative estimate of drug-likeness (QED) is 0.777. The van der Waals surface area contributed by atoms with Gasteiger partial charge in [-0.2, -0.15) is 0 Å². The summed E-state index contributed by atoms with van der Waals surface area (Å²) in [5, 5.41) is 0. The van der Waals surface area contributed by atoms with Gasteiger partial charge in [0, 0.05) is 12.2 Å². The second kappa shape index (κ2) is 4.26. The molecule has 0 atom stereocenters. The first-order chi connectivity index (χ1) is 8.25. The number of hydrogen-bond acceptors (Lipinski definition) is 2. The summed E-state index contributed by atoms with van der Waals surface area (Å²) in [6, 6.07) is 2.62. The maximum atomic E-state index is 5.44. The lowest BCUT2D eigenvalue weighted by molar-refractivity contribution is 0.292. The van der Waals surface area contributed by atoms with Crippen molar-refractivity contribution in [2.75, 3.05) is 0 Å². The fourth-order valence-electron chi connectivity index (χ4n) is 2.84. The minimum atomic E-state index is 0.565. The first kappa shape index (κ1) is 11.0. The predicted molar refractivity (Wildman–Crippen MR) is 71.6 cm³/mol. The number of H-pyrrole nitrogens is 1. The average Bonchev–Trinajstić information content (AvgIpc) is 2.66. The van der Waals surface area contributed by atoms with E-state index >= 15 is 0 Å². The predicted octanol–water partition coefficient (Wildman–Crippen LogP) is 3.85. The molecule has 0 bridgehead atoms. The van der Waals surface area contributed by atoms with Crippen LogP contribution in [0.2, 0.25) is 0 Å². The fourth-order valence-corrected chi connectivity index (χ4v) is 3.20. The first-order valence-electron chi connectivity index (χ1n) is 6.30. The molecule has 0 amide bonds. The summed E-state index contributed by atoms with van der Waals surface area (Å²) in [7, 11) is 0. The Balaban J connectivity index is 2.05. The van der Waals surface area contributed by atoms with Crippen molar-refractivity contribution >= 4 is 23.3 Å². The Morgan fingerprint density at radius 3 is 2.88 bits per heavy atom. The molecule has 1 fully saturated rings. The summed E-state index contributed by atoms with van der Waals surface area (Å²) >= 11 is 5.44. The minimum absolute atomic E-state index is 0.565. The fraction of sp³-hybridized carbons (Fsp3) is 0.538. The second-order valence-electron chi connectivity index (χ2n) is 5.11. The van der Waals surface area contributed by atoms with E-state index in [1.165, 1.54) is 31.2 Å². The van der Waals surface area contributed by atoms with Crippen LogP contribution in [0, 0.1) is 10.7 Å². The topological polar surface area (TPSA) is 33.6 Å². The zero-order valence-corrected chi connectivity index (χ0v) is 10.8. The van der Waals surface area contributed by atoms with Crippen LogP contribution < -0.4 is 0 Å². The van der Waals surface area contributed by atoms with Crippen molar-refractivity contribution in [2.45, 2.75) is 38.6 Å². The van der Waals surface area contributed by atoms with Crippen LogP contribution in [-0.2, 0) is 0 Å². The number of pyridine rings is 1. The van der Waals surface area contributed by atoms with E-state index in [0.29, 0.717) is 6.04 Å². The van der Waals surface area contributed by atoms with Crippen LogP contribution in [0.5, 0.6) is 0 Å². The highest BCUT2D eigenvalue weighted by atomic mass is 32.1. The Labute approximate surface area is 106 Å². The first-order valence-corrected chi connectivity index (χ1v) is 6.71. The molecule has 0 radical (unpaired) electrons. The van der Waals surface area contributed by atoms with Gasteiger partial charge in [-0.05, 0) is 49.9 Å². The Kier molecular flexibility index (Phi) is 2.74. The van der Waals surface area contributed by atoms with Gasteiger partial charge >= 0.3 is 0 Å². The van der Waals surface area contributed by atoms with Crippen LogP contribution in [0.1, 0.15) is 38.6 Å². The Bertz CT molecular complexity index is 576. The summed E-state index contributed by atoms with van der Waals surface area (Å²) in [4.78, 5) is 7.38. The summed E-state index contributed by atoms with van der Waals surface area (Å²) in [5.41, 5.74) is 2.25. The molecule has 1 aliphatic rings. The smallest absolute Gasteiger partial charge is 0.178 e. The molecule has 1 N–H and O–H groups in total. The standard InChI is InChI=1S/C13H17N3S/c1-9-2-4-10(5-3-9)16-12-6-7-14-8-11(12)15-13(16)17/h6-10H,2-5H2,1H3,(H,15,17). The van der Waals surface area contributed by atoms with Gasteiger partial charge in [-0.3, -0.25) is 4.98 Å². The second-order valence-corrected chi connectivity index (χ2v) is 5.49. The number of nitrogens with zero attached hydrogens (tertiary/aromatic N) is 2. The number of nitrogens with one attached hydrogen (secondary N) is 1. The van der Waals surface area contributed by atoms with Crippen molar-refractivity contribution in [3.63, 3.8) is 0 Å². The van der Waals surface area contributed by atoms with Crippen LogP contribution in [0.4, 0.5) is 0 Å². The van der Waals surface area contributed by atoms with Gasteiger partial charge in [0.05, 0.1) is 17.2 Å². The van der Waals surface area contributed by atoms with E-state index in [-0.39, 0.29) is 0 Å². The maximum Gasteiger partial charge on any atom is 0.178 e. The molecule has 1 saturated carbocycles. The van der Waals surface area contributed by atoms with Crippen molar-refractivity contribution in [3.8, 4) is 0 Å². The van der Waals surface area contributed by atoms with Crippen LogP contribution in [0.3, 0.4) is 0 Å². The molecule has 2 aromatic heterocycles. The summed E-state index contributed by atoms with van der Waals surface area (Å²) in [6.45, 7) is 2.34. The van der Waals surface area contributed by atoms with Gasteiger partial charge in [0.25, 0.3) is 0 Å². The number of hydrogen-bond donors (Lipinski definition) is 1. The zero-order valence-electron chi connectivity index (χ0n) is 10.0. The van der Waals surface area contributed by atoms with Gasteiger partial charge in [0.15, 0.2) is 4.77 Å². The lowest BCUT2D eigenvalue weighted by atomic mass is 9.87. The van der Waals surface area contributed by atoms with Crippen molar-refractivity contribution < 1.29 is 0 Å². The third kappa shape index (κ3) is 1.90. The Morgan fingerprint density at radius 1 is 1.35 bits per heavy atom. The zero-order chi connectivity index (χ0) is 11.8. The molecule has 0 aromatic carbocycles. The molecule has 4 heteroatoms. The van der Waals surface area contributed by atoms with E-state index in [9.17, 15) is 0 Å². The molecule has 1 aliphatic carbocycles. The normalized spacial score (nSPS) is 25.2. The third-order valence-electron chi connectivity index (χ3n) is 3.87. The molecule has 3 nitrogen and oxygen atoms in total. The molecule has 2 aromatic rings. The van der Waals surface area contributed by atoms with Gasteiger partial charge < -0.3 is 9.55 Å². The highest BCUT2D eigenvalue weighted by Crippen LogP contribution is 2.33. The summed E-state index contributed by atoms with van der Waals surface area (Å²) in [6.07, 6.45) is 8.80. The largest absolute Gasteiger partial charge is 0.329 e. The molecule has 90 valence electrons. The van der Waals surface area contributed by atoms with Crippen LogP contribution in [0.25, 0.3) is 11.0 Å². The number of rotatable bonds is 1. The van der Waals surface area contributed by atoms with E-state index in [1.54, 1.807) is 0 Å². The SMILES string of the molecule is CC1CCC(n2c(=S)[nH]c3cnccc32)CC1. The molecule has 17 heavy (non-hydrogen) atoms. The minimum Gasteiger partial charge on any atom is -0.329 e. The van der Waals surface area contributed by atoms with Crippen molar-refractivity contribution in [1.82, 2.24) is 14.5 Å². The lowest BCUT2D eigenvalue weighted by Gasteiger charge is -2.27. The number of fused-ring (bicyclic) bond motifs is 1. The van der Waals surface area contributed by atoms with Crippen LogP contribution in [-0.4, -0.2) is 14.5 Å². The molecular weight excluding hydrogens is 230 g/mol. The average molecular weight is 247 g/mol. The van der Waals surface area contributed by atoms with Gasteiger partial charge in [0.1, 0.15) is 0 Å². The van der Waals surface area contributed by atoms with Gasteiger partial charge in [-0.1, -0.05) is 6.92 Å². The van der Waals surface area contributed by atoms with Crippen LogP contribution in [0.15, 0.2) is 18.5 Å². The van der Waals surface area contributed by atoms with E-state index in [1.807, 2.05) is 12.4 Å². The third-order valence-corrected chi connectivity index (χ3v) is 4.17. The summed E-state index contributed by atoms with van der Waals surface area (Å²) in [5.74, 6) is 0.868. The molecule has 3 rings (SSSR count). The molecule has 0 spiro atoms. The molecule has 0 aliphatic heterocycles. The molecule has 0 saturated heterocycles. The van der Waals surface area contributed by atoms with Crippen molar-refractivity contribution in [2.24, 2.45) is 5.92 Å². The molecule has 2 heterocycles. The number of imidazole rings is 1. The van der Waals surface area contributed by atoms with Crippen LogP contribution >= 0.6 is 12.2 Å². The van der Waals surface area contributed by atoms with E-state index in [0.717, 1.165) is 16.2 Å². The van der Waals surface area contributed by atoms with Gasteiger partial charge in [0.2, 0.25) is 0 Å². The number of aromatic nitrogens is 3. The highest BCUT2D eigenvalue weighted by molar-refractivity contribution is 7.71. The molecule has 0 unspecified atom stereocenters. The monoisotopic (exact) mass is 247 g/mol. The lowest BCUT2D eigenvalue weighted by Crippen LogP contribution is -2.16. The maximum absolute atomic E-state index is 5.44. The summed E-state index contributed by atoms with van der Waals surface area (Å²) < 4.78 is 3.13. The number of aromatic amines is 1. The van der Waals surface area contributed by atoms with E-state index in [4.69, 9.17) is 12.2 Å². The van der Waals surface area contributed by atoms with Gasteiger partial charge in [-0.25, -0.2) is 0 Å². The molecular formula is C13H17N3S. The van der Waals surface area contributed by atoms with E-state index < -0.39 is 0 Å². The van der Waals surface area contributed by atoms with Gasteiger partial charge in [-0.15, -0.1) is 0 Å².